The monoisotopic (exact) mass is 410 g/mol. The molecule has 29 heavy (non-hydrogen) atoms. The molecule has 0 unspecified atom stereocenters. The third-order valence-corrected chi connectivity index (χ3v) is 4.73. The minimum atomic E-state index is -0.829. The second kappa shape index (κ2) is 26.4. The summed E-state index contributed by atoms with van der Waals surface area (Å²) < 4.78 is 4.95. The van der Waals surface area contributed by atoms with Crippen molar-refractivity contribution in [2.24, 2.45) is 0 Å². The Morgan fingerprint density at radius 3 is 1.38 bits per heavy atom. The predicted octanol–water partition coefficient (Wildman–Crippen LogP) is 7.62. The maximum absolute atomic E-state index is 10.8. The Labute approximate surface area is 179 Å². The molecule has 1 N–H and O–H groups in total. The lowest BCUT2D eigenvalue weighted by Crippen LogP contribution is -2.01. The first kappa shape index (κ1) is 29.6. The number of esters is 1. The van der Waals surface area contributed by atoms with Gasteiger partial charge in [-0.25, -0.2) is 4.79 Å². The molecular weight excluding hydrogens is 364 g/mol. The Morgan fingerprint density at radius 2 is 1.10 bits per heavy atom. The van der Waals surface area contributed by atoms with Crippen molar-refractivity contribution in [2.45, 2.75) is 116 Å². The highest BCUT2D eigenvalue weighted by Gasteiger charge is 1.96. The zero-order valence-corrected chi connectivity index (χ0v) is 19.0. The fourth-order valence-electron chi connectivity index (χ4n) is 3.01. The normalized spacial score (nSPS) is 9.97. The van der Waals surface area contributed by atoms with Gasteiger partial charge >= 0.3 is 11.9 Å². The molecule has 0 spiro atoms. The maximum atomic E-state index is 10.8. The number of aliphatic carboxylic acids is 1. The van der Waals surface area contributed by atoms with Gasteiger partial charge in [0.1, 0.15) is 0 Å². The van der Waals surface area contributed by atoms with E-state index in [1.807, 2.05) is 0 Å². The lowest BCUT2D eigenvalue weighted by molar-refractivity contribution is -0.138. The van der Waals surface area contributed by atoms with Crippen molar-refractivity contribution in [1.82, 2.24) is 0 Å². The van der Waals surface area contributed by atoms with Crippen LogP contribution in [-0.2, 0) is 14.3 Å². The zero-order valence-electron chi connectivity index (χ0n) is 19.0. The summed E-state index contributed by atoms with van der Waals surface area (Å²) in [5.41, 5.74) is 0. The topological polar surface area (TPSA) is 63.6 Å². The highest BCUT2D eigenvalue weighted by molar-refractivity contribution is 5.81. The summed E-state index contributed by atoms with van der Waals surface area (Å²) in [6.45, 7) is 9.42. The van der Waals surface area contributed by atoms with Crippen molar-refractivity contribution in [3.05, 3.63) is 25.3 Å². The number of rotatable bonds is 20. The summed E-state index contributed by atoms with van der Waals surface area (Å²) in [5.74, 6) is -1.13. The van der Waals surface area contributed by atoms with E-state index < -0.39 is 5.97 Å². The molecule has 0 aliphatic heterocycles. The maximum Gasteiger partial charge on any atom is 0.330 e. The number of ether oxygens (including phenoxy) is 1. The van der Waals surface area contributed by atoms with Gasteiger partial charge in [0.05, 0.1) is 13.0 Å². The molecule has 0 aromatic carbocycles. The van der Waals surface area contributed by atoms with E-state index >= 15 is 0 Å². The molecule has 0 heterocycles. The SMILES string of the molecule is C=CC(=O)OCCCCCCCCCCCCCCCCCC.C=CCC(=O)O. The van der Waals surface area contributed by atoms with E-state index in [4.69, 9.17) is 9.84 Å². The summed E-state index contributed by atoms with van der Waals surface area (Å²) in [6, 6.07) is 0. The molecule has 0 fully saturated rings. The van der Waals surface area contributed by atoms with Gasteiger partial charge in [0.15, 0.2) is 0 Å². The molecule has 0 aliphatic rings. The van der Waals surface area contributed by atoms with Crippen molar-refractivity contribution in [3.8, 4) is 0 Å². The van der Waals surface area contributed by atoms with Crippen LogP contribution in [0.1, 0.15) is 116 Å². The molecule has 0 atom stereocenters. The summed E-state index contributed by atoms with van der Waals surface area (Å²) in [7, 11) is 0. The van der Waals surface area contributed by atoms with Gasteiger partial charge in [-0.15, -0.1) is 6.58 Å². The van der Waals surface area contributed by atoms with E-state index in [-0.39, 0.29) is 12.4 Å². The lowest BCUT2D eigenvalue weighted by Gasteiger charge is -2.04. The van der Waals surface area contributed by atoms with Crippen LogP contribution in [0, 0.1) is 0 Å². The van der Waals surface area contributed by atoms with Gasteiger partial charge in [-0.1, -0.05) is 116 Å². The number of carbonyl (C=O) groups excluding carboxylic acids is 1. The highest BCUT2D eigenvalue weighted by atomic mass is 16.5. The van der Waals surface area contributed by atoms with Gasteiger partial charge in [0.2, 0.25) is 0 Å². The van der Waals surface area contributed by atoms with Gasteiger partial charge < -0.3 is 9.84 Å². The molecule has 4 nitrogen and oxygen atoms in total. The van der Waals surface area contributed by atoms with Crippen LogP contribution < -0.4 is 0 Å². The van der Waals surface area contributed by atoms with Crippen molar-refractivity contribution in [2.75, 3.05) is 6.61 Å². The van der Waals surface area contributed by atoms with Crippen LogP contribution in [0.15, 0.2) is 25.3 Å². The summed E-state index contributed by atoms with van der Waals surface area (Å²) in [6.07, 6.45) is 24.4. The van der Waals surface area contributed by atoms with Crippen molar-refractivity contribution >= 4 is 11.9 Å². The molecule has 0 aromatic rings. The molecule has 4 heteroatoms. The van der Waals surface area contributed by atoms with Crippen molar-refractivity contribution < 1.29 is 19.4 Å². The van der Waals surface area contributed by atoms with Gasteiger partial charge in [-0.3, -0.25) is 4.79 Å². The molecule has 0 rings (SSSR count). The summed E-state index contributed by atoms with van der Waals surface area (Å²) in [5, 5.41) is 7.84. The molecule has 0 aliphatic carbocycles. The first-order valence-corrected chi connectivity index (χ1v) is 11.7. The smallest absolute Gasteiger partial charge is 0.330 e. The minimum Gasteiger partial charge on any atom is -0.481 e. The molecule has 0 radical (unpaired) electrons. The van der Waals surface area contributed by atoms with E-state index in [0.29, 0.717) is 6.61 Å². The van der Waals surface area contributed by atoms with E-state index in [0.717, 1.165) is 6.42 Å². The number of carboxylic acid groups (broad SMARTS) is 1. The fraction of sp³-hybridized carbons (Fsp3) is 0.760. The van der Waals surface area contributed by atoms with Crippen LogP contribution in [0.4, 0.5) is 0 Å². The number of hydrogen-bond acceptors (Lipinski definition) is 3. The van der Waals surface area contributed by atoms with E-state index in [1.54, 1.807) is 0 Å². The second-order valence-electron chi connectivity index (χ2n) is 7.56. The lowest BCUT2D eigenvalue weighted by atomic mass is 10.0. The molecule has 0 saturated heterocycles. The number of hydrogen-bond donors (Lipinski definition) is 1. The third kappa shape index (κ3) is 31.3. The van der Waals surface area contributed by atoms with Gasteiger partial charge in [0.25, 0.3) is 0 Å². The Morgan fingerprint density at radius 1 is 0.724 bits per heavy atom. The van der Waals surface area contributed by atoms with Crippen molar-refractivity contribution in [3.63, 3.8) is 0 Å². The molecule has 0 bridgehead atoms. The molecular formula is C25H46O4. The van der Waals surface area contributed by atoms with Crippen LogP contribution in [0.5, 0.6) is 0 Å². The van der Waals surface area contributed by atoms with Gasteiger partial charge in [-0.05, 0) is 6.42 Å². The first-order valence-electron chi connectivity index (χ1n) is 11.7. The van der Waals surface area contributed by atoms with Crippen LogP contribution in [-0.4, -0.2) is 23.7 Å². The van der Waals surface area contributed by atoms with Gasteiger partial charge in [-0.2, -0.15) is 0 Å². The Bertz CT molecular complexity index is 390. The predicted molar refractivity (Wildman–Crippen MR) is 123 cm³/mol. The van der Waals surface area contributed by atoms with Crippen LogP contribution in [0.25, 0.3) is 0 Å². The van der Waals surface area contributed by atoms with Crippen LogP contribution in [0.3, 0.4) is 0 Å². The number of carboxylic acids is 1. The number of unbranched alkanes of at least 4 members (excludes halogenated alkanes) is 15. The van der Waals surface area contributed by atoms with E-state index in [1.165, 1.54) is 108 Å². The fourth-order valence-corrected chi connectivity index (χ4v) is 3.01. The molecule has 170 valence electrons. The van der Waals surface area contributed by atoms with Crippen LogP contribution in [0.2, 0.25) is 0 Å². The highest BCUT2D eigenvalue weighted by Crippen LogP contribution is 2.13. The van der Waals surface area contributed by atoms with Crippen molar-refractivity contribution in [1.29, 1.82) is 0 Å². The van der Waals surface area contributed by atoms with E-state index in [9.17, 15) is 9.59 Å². The Balaban J connectivity index is 0. The standard InChI is InChI=1S/C21H40O2.C4H6O2/c1-3-5-6-7-8-9-10-11-12-13-14-15-16-17-18-19-20-23-21(22)4-2;1-2-3-4(5)6/h4H,2-3,5-20H2,1H3;2H,1,3H2,(H,5,6). The minimum absolute atomic E-state index is 0.0556. The molecule has 0 saturated carbocycles. The first-order chi connectivity index (χ1) is 14.1. The summed E-state index contributed by atoms with van der Waals surface area (Å²) >= 11 is 0. The molecule has 0 amide bonds. The third-order valence-electron chi connectivity index (χ3n) is 4.73. The average Bonchev–Trinajstić information content (AvgIpc) is 2.70. The average molecular weight is 411 g/mol. The second-order valence-corrected chi connectivity index (χ2v) is 7.56. The quantitative estimate of drug-likeness (QED) is 0.0970. The van der Waals surface area contributed by atoms with E-state index in [2.05, 4.69) is 20.1 Å². The van der Waals surface area contributed by atoms with Gasteiger partial charge in [0, 0.05) is 6.08 Å². The molecule has 0 aromatic heterocycles. The zero-order chi connectivity index (χ0) is 22.0. The Hall–Kier alpha value is -1.58. The Kier molecular flexibility index (Phi) is 27.0. The number of carbonyl (C=O) groups is 2. The summed E-state index contributed by atoms with van der Waals surface area (Å²) in [4.78, 5) is 20.4. The largest absolute Gasteiger partial charge is 0.481 e. The van der Waals surface area contributed by atoms with Crippen LogP contribution >= 0.6 is 0 Å².